The number of allylic oxidation sites excluding steroid dienone is 2. The highest BCUT2D eigenvalue weighted by atomic mass is 15.4. The first kappa shape index (κ1) is 12.4. The molecule has 1 aliphatic carbocycles. The number of nitrogens with zero attached hydrogens (tertiary/aromatic N) is 2. The van der Waals surface area contributed by atoms with Gasteiger partial charge in [0.2, 0.25) is 0 Å². The van der Waals surface area contributed by atoms with Crippen LogP contribution < -0.4 is 10.9 Å². The quantitative estimate of drug-likeness (QED) is 0.782. The maximum absolute atomic E-state index is 4.97. The number of fused-ring (bicyclic) bond motifs is 6. The summed E-state index contributed by atoms with van der Waals surface area (Å²) < 4.78 is 0. The van der Waals surface area contributed by atoms with Crippen molar-refractivity contribution < 1.29 is 0 Å². The largest absolute Gasteiger partial charge is 0.325 e. The Bertz CT molecular complexity index is 834. The molecule has 0 amide bonds. The fraction of sp³-hybridized carbons (Fsp3) is 0.333. The van der Waals surface area contributed by atoms with Crippen LogP contribution in [0.3, 0.4) is 0 Å². The number of pyridine rings is 1. The van der Waals surface area contributed by atoms with Gasteiger partial charge in [-0.05, 0) is 49.9 Å². The zero-order chi connectivity index (χ0) is 14.5. The molecule has 1 aromatic heterocycles. The molecule has 4 nitrogen and oxygen atoms in total. The van der Waals surface area contributed by atoms with E-state index in [2.05, 4.69) is 34.0 Å². The average Bonchev–Trinajstić information content (AvgIpc) is 2.78. The maximum atomic E-state index is 4.97. The molecule has 0 bridgehead atoms. The number of rotatable bonds is 0. The number of hydrazine groups is 1. The molecule has 4 heteroatoms. The van der Waals surface area contributed by atoms with Crippen LogP contribution in [0.15, 0.2) is 41.2 Å². The molecule has 5 rings (SSSR count). The van der Waals surface area contributed by atoms with Gasteiger partial charge >= 0.3 is 0 Å². The Labute approximate surface area is 129 Å². The van der Waals surface area contributed by atoms with Gasteiger partial charge in [-0.15, -0.1) is 0 Å². The minimum Gasteiger partial charge on any atom is -0.325 e. The topological polar surface area (TPSA) is 49.3 Å². The molecule has 110 valence electrons. The van der Waals surface area contributed by atoms with E-state index in [-0.39, 0.29) is 0 Å². The first-order chi connectivity index (χ1) is 10.9. The number of aromatic nitrogens is 1. The van der Waals surface area contributed by atoms with Gasteiger partial charge in [0, 0.05) is 40.9 Å². The van der Waals surface area contributed by atoms with Crippen molar-refractivity contribution in [2.45, 2.75) is 25.7 Å². The predicted octanol–water partition coefficient (Wildman–Crippen LogP) is 3.33. The molecule has 1 aromatic carbocycles. The van der Waals surface area contributed by atoms with E-state index < -0.39 is 0 Å². The molecule has 0 spiro atoms. The molecule has 1 saturated heterocycles. The summed E-state index contributed by atoms with van der Waals surface area (Å²) in [5, 5.41) is 1.16. The number of hydrogen-bond donors (Lipinski definition) is 2. The van der Waals surface area contributed by atoms with E-state index in [4.69, 9.17) is 4.99 Å². The van der Waals surface area contributed by atoms with Gasteiger partial charge in [-0.3, -0.25) is 9.98 Å². The van der Waals surface area contributed by atoms with E-state index in [0.29, 0.717) is 5.92 Å². The lowest BCUT2D eigenvalue weighted by atomic mass is 9.82. The van der Waals surface area contributed by atoms with Crippen LogP contribution in [0.1, 0.15) is 31.2 Å². The lowest BCUT2D eigenvalue weighted by Gasteiger charge is -2.26. The normalized spacial score (nSPS) is 23.3. The van der Waals surface area contributed by atoms with E-state index in [1.165, 1.54) is 41.8 Å². The molecule has 1 unspecified atom stereocenters. The Morgan fingerprint density at radius 1 is 1.14 bits per heavy atom. The van der Waals surface area contributed by atoms with Crippen molar-refractivity contribution in [3.8, 4) is 0 Å². The third-order valence-electron chi connectivity index (χ3n) is 5.05. The van der Waals surface area contributed by atoms with Crippen LogP contribution in [0.25, 0.3) is 16.5 Å². The summed E-state index contributed by atoms with van der Waals surface area (Å²) in [6, 6.07) is 8.44. The molecule has 3 heterocycles. The summed E-state index contributed by atoms with van der Waals surface area (Å²) >= 11 is 0. The Balaban J connectivity index is 1.78. The molecule has 2 aromatic rings. The summed E-state index contributed by atoms with van der Waals surface area (Å²) in [6.07, 6.45) is 6.63. The monoisotopic (exact) mass is 290 g/mol. The molecular formula is C18H18N4. The van der Waals surface area contributed by atoms with Gasteiger partial charge in [-0.25, -0.2) is 5.43 Å². The van der Waals surface area contributed by atoms with Crippen molar-refractivity contribution in [1.82, 2.24) is 15.8 Å². The SMILES string of the molecule is c1cnc2ccc3c(c2c1)N=C1CCC2CCCNNC2=C13. The van der Waals surface area contributed by atoms with Crippen LogP contribution >= 0.6 is 0 Å². The standard InChI is InChI=1S/C18H18N4/c1-3-11-5-7-15-16(17(11)22-20-10-1)13-6-8-14-12(18(13)21-15)4-2-9-19-14/h2,4,6,8-9,11,20,22H,1,3,5,7,10H2. The highest BCUT2D eigenvalue weighted by Gasteiger charge is 2.33. The fourth-order valence-electron chi connectivity index (χ4n) is 3.99. The molecule has 1 fully saturated rings. The zero-order valence-electron chi connectivity index (χ0n) is 12.4. The van der Waals surface area contributed by atoms with E-state index in [1.807, 2.05) is 12.3 Å². The molecule has 22 heavy (non-hydrogen) atoms. The molecule has 0 saturated carbocycles. The fourth-order valence-corrected chi connectivity index (χ4v) is 3.99. The Morgan fingerprint density at radius 2 is 2.14 bits per heavy atom. The van der Waals surface area contributed by atoms with Crippen molar-refractivity contribution >= 4 is 27.9 Å². The Hall–Kier alpha value is -2.20. The van der Waals surface area contributed by atoms with Gasteiger partial charge in [0.1, 0.15) is 0 Å². The molecule has 2 N–H and O–H groups in total. The van der Waals surface area contributed by atoms with Crippen LogP contribution in [-0.4, -0.2) is 17.2 Å². The second-order valence-electron chi connectivity index (χ2n) is 6.31. The number of aliphatic imine (C=N–C) groups is 1. The first-order valence-electron chi connectivity index (χ1n) is 8.11. The minimum atomic E-state index is 0.638. The van der Waals surface area contributed by atoms with Crippen LogP contribution in [-0.2, 0) is 0 Å². The van der Waals surface area contributed by atoms with Gasteiger partial charge in [0.25, 0.3) is 0 Å². The summed E-state index contributed by atoms with van der Waals surface area (Å²) in [6.45, 7) is 1.04. The molecule has 3 aliphatic rings. The highest BCUT2D eigenvalue weighted by molar-refractivity contribution is 6.32. The van der Waals surface area contributed by atoms with Gasteiger partial charge in [-0.2, -0.15) is 0 Å². The summed E-state index contributed by atoms with van der Waals surface area (Å²) in [5.41, 5.74) is 14.2. The van der Waals surface area contributed by atoms with Gasteiger partial charge < -0.3 is 5.43 Å². The number of nitrogens with one attached hydrogen (secondary N) is 2. The number of benzene rings is 1. The van der Waals surface area contributed by atoms with Gasteiger partial charge in [0.15, 0.2) is 0 Å². The Morgan fingerprint density at radius 3 is 3.14 bits per heavy atom. The second-order valence-corrected chi connectivity index (χ2v) is 6.31. The van der Waals surface area contributed by atoms with Crippen molar-refractivity contribution in [2.24, 2.45) is 10.9 Å². The lowest BCUT2D eigenvalue weighted by Crippen LogP contribution is -2.34. The summed E-state index contributed by atoms with van der Waals surface area (Å²) in [4.78, 5) is 9.43. The van der Waals surface area contributed by atoms with E-state index >= 15 is 0 Å². The second kappa shape index (κ2) is 4.65. The molecule has 1 atom stereocenters. The van der Waals surface area contributed by atoms with Gasteiger partial charge in [0.05, 0.1) is 16.9 Å². The summed E-state index contributed by atoms with van der Waals surface area (Å²) in [7, 11) is 0. The van der Waals surface area contributed by atoms with E-state index in [1.54, 1.807) is 0 Å². The molecule has 0 radical (unpaired) electrons. The maximum Gasteiger partial charge on any atom is 0.0806 e. The third-order valence-corrected chi connectivity index (χ3v) is 5.05. The predicted molar refractivity (Wildman–Crippen MR) is 88.9 cm³/mol. The lowest BCUT2D eigenvalue weighted by molar-refractivity contribution is 0.510. The highest BCUT2D eigenvalue weighted by Crippen LogP contribution is 2.46. The van der Waals surface area contributed by atoms with Crippen LogP contribution in [0.5, 0.6) is 0 Å². The first-order valence-corrected chi connectivity index (χ1v) is 8.11. The van der Waals surface area contributed by atoms with Crippen molar-refractivity contribution in [3.05, 3.63) is 41.7 Å². The van der Waals surface area contributed by atoms with Crippen molar-refractivity contribution in [1.29, 1.82) is 0 Å². The van der Waals surface area contributed by atoms with Crippen LogP contribution in [0.2, 0.25) is 0 Å². The van der Waals surface area contributed by atoms with Crippen LogP contribution in [0, 0.1) is 5.92 Å². The van der Waals surface area contributed by atoms with Crippen molar-refractivity contribution in [3.63, 3.8) is 0 Å². The minimum absolute atomic E-state index is 0.638. The number of hydrogen-bond acceptors (Lipinski definition) is 4. The smallest absolute Gasteiger partial charge is 0.0806 e. The Kier molecular flexibility index (Phi) is 2.61. The molecular weight excluding hydrogens is 272 g/mol. The molecule has 2 aliphatic heterocycles. The zero-order valence-corrected chi connectivity index (χ0v) is 12.4. The third kappa shape index (κ3) is 1.67. The van der Waals surface area contributed by atoms with E-state index in [9.17, 15) is 0 Å². The van der Waals surface area contributed by atoms with Crippen LogP contribution in [0.4, 0.5) is 5.69 Å². The van der Waals surface area contributed by atoms with E-state index in [0.717, 1.165) is 29.6 Å². The van der Waals surface area contributed by atoms with Gasteiger partial charge in [-0.1, -0.05) is 0 Å². The summed E-state index contributed by atoms with van der Waals surface area (Å²) in [5.74, 6) is 0.638. The van der Waals surface area contributed by atoms with Crippen molar-refractivity contribution in [2.75, 3.05) is 6.54 Å². The average molecular weight is 290 g/mol.